The van der Waals surface area contributed by atoms with Gasteiger partial charge in [-0.05, 0) is 41.0 Å². The Balaban J connectivity index is 5.01. The maximum atomic E-state index is 11.6. The molecule has 16 heavy (non-hydrogen) atoms. The fourth-order valence-electron chi connectivity index (χ4n) is 1.94. The van der Waals surface area contributed by atoms with Crippen molar-refractivity contribution >= 4 is 5.91 Å². The van der Waals surface area contributed by atoms with Crippen molar-refractivity contribution in [3.63, 3.8) is 0 Å². The zero-order chi connectivity index (χ0) is 13.1. The van der Waals surface area contributed by atoms with E-state index in [-0.39, 0.29) is 17.5 Å². The van der Waals surface area contributed by atoms with Gasteiger partial charge in [0.25, 0.3) is 0 Å². The summed E-state index contributed by atoms with van der Waals surface area (Å²) < 4.78 is 0. The summed E-state index contributed by atoms with van der Waals surface area (Å²) in [6.45, 7) is 12.0. The van der Waals surface area contributed by atoms with E-state index in [4.69, 9.17) is 11.5 Å². The van der Waals surface area contributed by atoms with Crippen molar-refractivity contribution in [2.75, 3.05) is 6.54 Å². The van der Waals surface area contributed by atoms with Crippen LogP contribution in [0, 0.1) is 0 Å². The van der Waals surface area contributed by atoms with Crippen molar-refractivity contribution in [2.24, 2.45) is 11.5 Å². The lowest BCUT2D eigenvalue weighted by atomic mass is 9.84. The van der Waals surface area contributed by atoms with Crippen LogP contribution >= 0.6 is 0 Å². The Morgan fingerprint density at radius 2 is 1.69 bits per heavy atom. The molecule has 0 saturated carbocycles. The van der Waals surface area contributed by atoms with Crippen LogP contribution in [-0.2, 0) is 4.79 Å². The second-order valence-electron chi connectivity index (χ2n) is 5.83. The minimum Gasteiger partial charge on any atom is -0.338 e. The molecule has 0 saturated heterocycles. The van der Waals surface area contributed by atoms with Gasteiger partial charge in [0.1, 0.15) is 0 Å². The maximum absolute atomic E-state index is 11.6. The molecule has 0 radical (unpaired) electrons. The van der Waals surface area contributed by atoms with Crippen LogP contribution in [0.5, 0.6) is 0 Å². The zero-order valence-corrected chi connectivity index (χ0v) is 11.5. The lowest BCUT2D eigenvalue weighted by molar-refractivity contribution is -0.132. The van der Waals surface area contributed by atoms with Crippen LogP contribution in [0.15, 0.2) is 0 Å². The highest BCUT2D eigenvalue weighted by molar-refractivity contribution is 5.73. The van der Waals surface area contributed by atoms with Gasteiger partial charge in [-0.2, -0.15) is 0 Å². The number of carbonyl (C=O) groups is 1. The maximum Gasteiger partial charge on any atom is 0.219 e. The predicted molar refractivity (Wildman–Crippen MR) is 68.0 cm³/mol. The van der Waals surface area contributed by atoms with Crippen LogP contribution in [0.3, 0.4) is 0 Å². The third-order valence-electron chi connectivity index (χ3n) is 2.70. The van der Waals surface area contributed by atoms with Gasteiger partial charge in [0.05, 0.1) is 6.04 Å². The predicted octanol–water partition coefficient (Wildman–Crippen LogP) is 1.09. The molecule has 0 rings (SSSR count). The van der Waals surface area contributed by atoms with Crippen molar-refractivity contribution in [1.29, 1.82) is 0 Å². The molecule has 0 aliphatic rings. The first-order valence-corrected chi connectivity index (χ1v) is 5.84. The van der Waals surface area contributed by atoms with Crippen LogP contribution in [0.2, 0.25) is 0 Å². The molecule has 4 N–H and O–H groups in total. The molecule has 4 nitrogen and oxygen atoms in total. The molecule has 0 spiro atoms. The van der Waals surface area contributed by atoms with E-state index < -0.39 is 5.54 Å². The van der Waals surface area contributed by atoms with Gasteiger partial charge in [-0.1, -0.05) is 0 Å². The number of hydrogen-bond donors (Lipinski definition) is 2. The first kappa shape index (κ1) is 15.4. The Kier molecular flexibility index (Phi) is 4.95. The Labute approximate surface area is 99.4 Å². The number of hydrogen-bond acceptors (Lipinski definition) is 3. The molecular formula is C12H27N3O. The van der Waals surface area contributed by atoms with Crippen LogP contribution in [0.1, 0.15) is 48.0 Å². The number of amides is 1. The van der Waals surface area contributed by atoms with E-state index >= 15 is 0 Å². The largest absolute Gasteiger partial charge is 0.338 e. The molecule has 0 aromatic rings. The molecule has 4 heteroatoms. The van der Waals surface area contributed by atoms with Gasteiger partial charge in [0.2, 0.25) is 5.91 Å². The fraction of sp³-hybridized carbons (Fsp3) is 0.917. The van der Waals surface area contributed by atoms with Crippen LogP contribution in [0.25, 0.3) is 0 Å². The highest BCUT2D eigenvalue weighted by atomic mass is 16.2. The van der Waals surface area contributed by atoms with Crippen molar-refractivity contribution < 1.29 is 4.79 Å². The van der Waals surface area contributed by atoms with Gasteiger partial charge in [0.15, 0.2) is 0 Å². The second kappa shape index (κ2) is 5.15. The summed E-state index contributed by atoms with van der Waals surface area (Å²) in [5.41, 5.74) is 11.4. The van der Waals surface area contributed by atoms with Gasteiger partial charge in [-0.3, -0.25) is 4.79 Å². The molecule has 96 valence electrons. The molecule has 1 unspecified atom stereocenters. The topological polar surface area (TPSA) is 72.3 Å². The van der Waals surface area contributed by atoms with Crippen LogP contribution in [0.4, 0.5) is 0 Å². The van der Waals surface area contributed by atoms with Crippen LogP contribution in [-0.4, -0.2) is 34.5 Å². The van der Waals surface area contributed by atoms with E-state index in [1.807, 2.05) is 34.6 Å². The van der Waals surface area contributed by atoms with E-state index in [9.17, 15) is 4.79 Å². The minimum absolute atomic E-state index is 0.0324. The Morgan fingerprint density at radius 1 is 1.25 bits per heavy atom. The standard InChI is InChI=1S/C12H27N3O/c1-7-15(9(2)16)10(12(5,6)14)8-11(3,4)13/h10H,7-8,13-14H2,1-6H3. The minimum atomic E-state index is -0.446. The zero-order valence-electron chi connectivity index (χ0n) is 11.5. The first-order valence-electron chi connectivity index (χ1n) is 5.84. The number of nitrogens with zero attached hydrogens (tertiary/aromatic N) is 1. The van der Waals surface area contributed by atoms with E-state index in [1.165, 1.54) is 0 Å². The van der Waals surface area contributed by atoms with Gasteiger partial charge in [0, 0.05) is 24.5 Å². The van der Waals surface area contributed by atoms with Gasteiger partial charge in [-0.15, -0.1) is 0 Å². The highest BCUT2D eigenvalue weighted by Crippen LogP contribution is 2.22. The average Bonchev–Trinajstić information content (AvgIpc) is 1.99. The summed E-state index contributed by atoms with van der Waals surface area (Å²) in [5, 5.41) is 0. The lowest BCUT2D eigenvalue weighted by Gasteiger charge is -2.42. The monoisotopic (exact) mass is 229 g/mol. The van der Waals surface area contributed by atoms with Crippen molar-refractivity contribution in [3.8, 4) is 0 Å². The van der Waals surface area contributed by atoms with Gasteiger partial charge >= 0.3 is 0 Å². The highest BCUT2D eigenvalue weighted by Gasteiger charge is 2.34. The summed E-state index contributed by atoms with van der Waals surface area (Å²) in [6.07, 6.45) is 0.698. The van der Waals surface area contributed by atoms with E-state index in [2.05, 4.69) is 0 Å². The molecule has 0 heterocycles. The van der Waals surface area contributed by atoms with Crippen molar-refractivity contribution in [2.45, 2.75) is 65.1 Å². The summed E-state index contributed by atoms with van der Waals surface area (Å²) in [6, 6.07) is -0.0324. The van der Waals surface area contributed by atoms with Crippen LogP contribution < -0.4 is 11.5 Å². The third kappa shape index (κ3) is 4.94. The molecular weight excluding hydrogens is 202 g/mol. The van der Waals surface area contributed by atoms with E-state index in [0.717, 1.165) is 0 Å². The lowest BCUT2D eigenvalue weighted by Crippen LogP contribution is -2.59. The Bertz CT molecular complexity index is 238. The number of rotatable bonds is 5. The Morgan fingerprint density at radius 3 is 1.88 bits per heavy atom. The van der Waals surface area contributed by atoms with Gasteiger partial charge in [-0.25, -0.2) is 0 Å². The Hall–Kier alpha value is -0.610. The smallest absolute Gasteiger partial charge is 0.219 e. The third-order valence-corrected chi connectivity index (χ3v) is 2.70. The summed E-state index contributed by atoms with van der Waals surface area (Å²) >= 11 is 0. The number of likely N-dealkylation sites (N-methyl/N-ethyl adjacent to an activating group) is 1. The molecule has 0 aromatic carbocycles. The van der Waals surface area contributed by atoms with Gasteiger partial charge < -0.3 is 16.4 Å². The normalized spacial score (nSPS) is 14.8. The second-order valence-corrected chi connectivity index (χ2v) is 5.83. The molecule has 0 aliphatic heterocycles. The fourth-order valence-corrected chi connectivity index (χ4v) is 1.94. The quantitative estimate of drug-likeness (QED) is 0.741. The van der Waals surface area contributed by atoms with E-state index in [1.54, 1.807) is 11.8 Å². The molecule has 1 atom stereocenters. The summed E-state index contributed by atoms with van der Waals surface area (Å²) in [4.78, 5) is 13.4. The van der Waals surface area contributed by atoms with E-state index in [0.29, 0.717) is 13.0 Å². The molecule has 0 bridgehead atoms. The van der Waals surface area contributed by atoms with Crippen molar-refractivity contribution in [1.82, 2.24) is 4.90 Å². The molecule has 0 aliphatic carbocycles. The molecule has 0 fully saturated rings. The van der Waals surface area contributed by atoms with Crippen molar-refractivity contribution in [3.05, 3.63) is 0 Å². The summed E-state index contributed by atoms with van der Waals surface area (Å²) in [5.74, 6) is 0.0512. The molecule has 0 aromatic heterocycles. The number of carbonyl (C=O) groups excluding carboxylic acids is 1. The average molecular weight is 229 g/mol. The SMILES string of the molecule is CCN(C(C)=O)C(CC(C)(C)N)C(C)(C)N. The number of nitrogens with two attached hydrogens (primary N) is 2. The molecule has 1 amide bonds. The summed E-state index contributed by atoms with van der Waals surface area (Å²) in [7, 11) is 0. The first-order chi connectivity index (χ1) is 6.99.